The van der Waals surface area contributed by atoms with E-state index >= 15 is 0 Å². The summed E-state index contributed by atoms with van der Waals surface area (Å²) in [6, 6.07) is 7.46. The van der Waals surface area contributed by atoms with Crippen LogP contribution in [0.4, 0.5) is 5.82 Å². The van der Waals surface area contributed by atoms with Gasteiger partial charge in [-0.3, -0.25) is 4.79 Å². The van der Waals surface area contributed by atoms with E-state index in [1.165, 1.54) is 0 Å². The van der Waals surface area contributed by atoms with Crippen molar-refractivity contribution in [1.29, 1.82) is 0 Å². The van der Waals surface area contributed by atoms with Gasteiger partial charge in [0.2, 0.25) is 0 Å². The van der Waals surface area contributed by atoms with Gasteiger partial charge in [0.25, 0.3) is 5.56 Å². The van der Waals surface area contributed by atoms with Crippen molar-refractivity contribution in [3.05, 3.63) is 34.6 Å². The molecule has 0 unspecified atom stereocenters. The first-order valence-corrected chi connectivity index (χ1v) is 8.06. The molecule has 128 valence electrons. The summed E-state index contributed by atoms with van der Waals surface area (Å²) in [6.45, 7) is 7.70. The number of anilines is 1. The van der Waals surface area contributed by atoms with Crippen LogP contribution in [0, 0.1) is 5.41 Å². The minimum absolute atomic E-state index is 0.200. The zero-order valence-electron chi connectivity index (χ0n) is 14.2. The normalized spacial score (nSPS) is 16.4. The molecule has 0 aliphatic carbocycles. The molecule has 0 bridgehead atoms. The van der Waals surface area contributed by atoms with Crippen LogP contribution in [0.25, 0.3) is 11.0 Å². The molecule has 7 heteroatoms. The van der Waals surface area contributed by atoms with Crippen molar-refractivity contribution in [3.63, 3.8) is 0 Å². The summed E-state index contributed by atoms with van der Waals surface area (Å²) in [5, 5.41) is 1.65. The van der Waals surface area contributed by atoms with Crippen LogP contribution in [0.15, 0.2) is 29.1 Å². The zero-order valence-corrected chi connectivity index (χ0v) is 14.2. The van der Waals surface area contributed by atoms with Crippen molar-refractivity contribution < 1.29 is 9.63 Å². The molecule has 0 atom stereocenters. The second-order valence-electron chi connectivity index (χ2n) is 6.95. The second kappa shape index (κ2) is 6.24. The Morgan fingerprint density at radius 3 is 2.50 bits per heavy atom. The lowest BCUT2D eigenvalue weighted by Gasteiger charge is -2.34. The molecule has 2 heterocycles. The quantitative estimate of drug-likeness (QED) is 0.900. The Bertz CT molecular complexity index is 801. The summed E-state index contributed by atoms with van der Waals surface area (Å²) >= 11 is 0. The van der Waals surface area contributed by atoms with Gasteiger partial charge in [0.1, 0.15) is 0 Å². The number of hydroxylamine groups is 2. The second-order valence-corrected chi connectivity index (χ2v) is 6.95. The fraction of sp³-hybridized carbons (Fsp3) is 0.471. The molecular formula is C17H22N4O3. The van der Waals surface area contributed by atoms with E-state index in [2.05, 4.69) is 9.97 Å². The Morgan fingerprint density at radius 1 is 1.17 bits per heavy atom. The smallest absolute Gasteiger partial charge is 0.330 e. The van der Waals surface area contributed by atoms with Crippen LogP contribution >= 0.6 is 0 Å². The zero-order chi connectivity index (χ0) is 17.3. The average molecular weight is 330 g/mol. The van der Waals surface area contributed by atoms with E-state index < -0.39 is 5.41 Å². The number of carbonyl (C=O) groups excluding carboxylic acids is 1. The Hall–Kier alpha value is -2.41. The predicted molar refractivity (Wildman–Crippen MR) is 91.7 cm³/mol. The maximum absolute atomic E-state index is 12.3. The van der Waals surface area contributed by atoms with E-state index in [1.807, 2.05) is 49.9 Å². The lowest BCUT2D eigenvalue weighted by atomic mass is 9.98. The summed E-state index contributed by atoms with van der Waals surface area (Å²) in [6.07, 6.45) is 0. The van der Waals surface area contributed by atoms with Gasteiger partial charge in [-0.1, -0.05) is 12.1 Å². The Balaban J connectivity index is 1.70. The van der Waals surface area contributed by atoms with Crippen molar-refractivity contribution in [2.45, 2.75) is 20.8 Å². The van der Waals surface area contributed by atoms with Crippen LogP contribution in [0.2, 0.25) is 0 Å². The number of para-hydroxylation sites is 2. The summed E-state index contributed by atoms with van der Waals surface area (Å²) < 4.78 is 0. The Labute approximate surface area is 140 Å². The van der Waals surface area contributed by atoms with E-state index in [-0.39, 0.29) is 11.5 Å². The topological polar surface area (TPSA) is 78.5 Å². The van der Waals surface area contributed by atoms with E-state index in [0.29, 0.717) is 32.0 Å². The molecule has 7 nitrogen and oxygen atoms in total. The van der Waals surface area contributed by atoms with E-state index in [0.717, 1.165) is 11.0 Å². The number of hydrogen-bond acceptors (Lipinski definition) is 6. The van der Waals surface area contributed by atoms with Crippen LogP contribution in [0.1, 0.15) is 20.8 Å². The van der Waals surface area contributed by atoms with Gasteiger partial charge in [-0.05, 0) is 32.9 Å². The van der Waals surface area contributed by atoms with Crippen molar-refractivity contribution in [1.82, 2.24) is 15.0 Å². The fourth-order valence-electron chi connectivity index (χ4n) is 2.48. The van der Waals surface area contributed by atoms with Crippen LogP contribution in [0.5, 0.6) is 0 Å². The molecule has 1 aliphatic rings. The van der Waals surface area contributed by atoms with Gasteiger partial charge in [-0.15, -0.1) is 5.06 Å². The largest absolute Gasteiger partial charge is 0.367 e. The first-order valence-electron chi connectivity index (χ1n) is 8.06. The number of piperazine rings is 1. The number of nitrogens with one attached hydrogen (secondary N) is 1. The summed E-state index contributed by atoms with van der Waals surface area (Å²) in [5.41, 5.74) is 0.750. The van der Waals surface area contributed by atoms with E-state index in [9.17, 15) is 9.59 Å². The van der Waals surface area contributed by atoms with E-state index in [1.54, 1.807) is 5.06 Å². The lowest BCUT2D eigenvalue weighted by Crippen LogP contribution is -2.49. The predicted octanol–water partition coefficient (Wildman–Crippen LogP) is 1.55. The summed E-state index contributed by atoms with van der Waals surface area (Å²) in [7, 11) is 0. The number of benzene rings is 1. The van der Waals surface area contributed by atoms with Gasteiger partial charge in [0.15, 0.2) is 5.82 Å². The first-order chi connectivity index (χ1) is 11.3. The molecular weight excluding hydrogens is 308 g/mol. The van der Waals surface area contributed by atoms with Gasteiger partial charge >= 0.3 is 5.97 Å². The molecule has 0 saturated carbocycles. The maximum atomic E-state index is 12.3. The van der Waals surface area contributed by atoms with Crippen LogP contribution < -0.4 is 10.5 Å². The number of hydrogen-bond donors (Lipinski definition) is 1. The van der Waals surface area contributed by atoms with Gasteiger partial charge in [-0.25, -0.2) is 9.78 Å². The fourth-order valence-corrected chi connectivity index (χ4v) is 2.48. The van der Waals surface area contributed by atoms with Gasteiger partial charge < -0.3 is 14.7 Å². The highest BCUT2D eigenvalue weighted by Crippen LogP contribution is 2.18. The highest BCUT2D eigenvalue weighted by molar-refractivity contribution is 5.75. The third-order valence-corrected chi connectivity index (χ3v) is 3.94. The summed E-state index contributed by atoms with van der Waals surface area (Å²) in [5.74, 6) is 0.160. The average Bonchev–Trinajstić information content (AvgIpc) is 2.54. The molecule has 1 aromatic heterocycles. The third kappa shape index (κ3) is 3.41. The number of aromatic nitrogens is 2. The Kier molecular flexibility index (Phi) is 4.28. The monoisotopic (exact) mass is 330 g/mol. The molecule has 1 N–H and O–H groups in total. The third-order valence-electron chi connectivity index (χ3n) is 3.94. The molecule has 1 aliphatic heterocycles. The SMILES string of the molecule is CC(C)(C)C(=O)ON1CCN(c2nc3ccccc3[nH]c2=O)CC1. The molecule has 2 aromatic rings. The van der Waals surface area contributed by atoms with Crippen molar-refractivity contribution in [2.75, 3.05) is 31.1 Å². The van der Waals surface area contributed by atoms with Gasteiger partial charge in [0, 0.05) is 13.1 Å². The molecule has 0 radical (unpaired) electrons. The Morgan fingerprint density at radius 2 is 1.83 bits per heavy atom. The van der Waals surface area contributed by atoms with Crippen molar-refractivity contribution in [3.8, 4) is 0 Å². The lowest BCUT2D eigenvalue weighted by molar-refractivity contribution is -0.201. The maximum Gasteiger partial charge on any atom is 0.330 e. The molecule has 1 saturated heterocycles. The number of H-pyrrole nitrogens is 1. The number of nitrogens with zero attached hydrogens (tertiary/aromatic N) is 3. The molecule has 0 spiro atoms. The van der Waals surface area contributed by atoms with Crippen LogP contribution in [0.3, 0.4) is 0 Å². The minimum Gasteiger partial charge on any atom is -0.367 e. The van der Waals surface area contributed by atoms with Crippen LogP contribution in [-0.2, 0) is 9.63 Å². The molecule has 0 amide bonds. The number of carbonyl (C=O) groups is 1. The summed E-state index contributed by atoms with van der Waals surface area (Å²) in [4.78, 5) is 38.9. The number of aromatic amines is 1. The highest BCUT2D eigenvalue weighted by atomic mass is 16.7. The molecule has 1 aromatic carbocycles. The van der Waals surface area contributed by atoms with Crippen molar-refractivity contribution >= 4 is 22.8 Å². The van der Waals surface area contributed by atoms with E-state index in [4.69, 9.17) is 4.84 Å². The van der Waals surface area contributed by atoms with Crippen LogP contribution in [-0.4, -0.2) is 47.2 Å². The first kappa shape index (κ1) is 16.4. The molecule has 24 heavy (non-hydrogen) atoms. The van der Waals surface area contributed by atoms with Gasteiger partial charge in [-0.2, -0.15) is 0 Å². The highest BCUT2D eigenvalue weighted by Gasteiger charge is 2.28. The minimum atomic E-state index is -0.534. The molecule has 1 fully saturated rings. The molecule has 3 rings (SSSR count). The standard InChI is InChI=1S/C17H22N4O3/c1-17(2,3)16(23)24-21-10-8-20(9-11-21)14-15(22)19-13-7-5-4-6-12(13)18-14/h4-7H,8-11H2,1-3H3,(H,19,22). The van der Waals surface area contributed by atoms with Gasteiger partial charge in [0.05, 0.1) is 29.5 Å². The van der Waals surface area contributed by atoms with Crippen molar-refractivity contribution in [2.24, 2.45) is 5.41 Å². The number of rotatable bonds is 2. The number of fused-ring (bicyclic) bond motifs is 1.